The fourth-order valence-corrected chi connectivity index (χ4v) is 2.18. The van der Waals surface area contributed by atoms with Crippen molar-refractivity contribution < 1.29 is 9.47 Å². The molecular formula is C14H17N3O2. The lowest BCUT2D eigenvalue weighted by Gasteiger charge is -2.30. The Morgan fingerprint density at radius 3 is 2.95 bits per heavy atom. The van der Waals surface area contributed by atoms with Gasteiger partial charge in [-0.15, -0.1) is 0 Å². The number of benzene rings is 1. The quantitative estimate of drug-likeness (QED) is 0.897. The number of fused-ring (bicyclic) bond motifs is 1. The van der Waals surface area contributed by atoms with E-state index in [9.17, 15) is 0 Å². The van der Waals surface area contributed by atoms with E-state index in [0.29, 0.717) is 13.0 Å². The van der Waals surface area contributed by atoms with Crippen LogP contribution in [0.1, 0.15) is 5.82 Å². The lowest BCUT2D eigenvalue weighted by molar-refractivity contribution is 0.0716. The van der Waals surface area contributed by atoms with Gasteiger partial charge in [0, 0.05) is 25.9 Å². The summed E-state index contributed by atoms with van der Waals surface area (Å²) in [5.74, 6) is 2.49. The molecular weight excluding hydrogens is 242 g/mol. The average Bonchev–Trinajstić information content (AvgIpc) is 2.84. The van der Waals surface area contributed by atoms with Crippen molar-refractivity contribution >= 4 is 0 Å². The summed E-state index contributed by atoms with van der Waals surface area (Å²) < 4.78 is 13.5. The third-order valence-corrected chi connectivity index (χ3v) is 3.35. The molecule has 0 fully saturated rings. The van der Waals surface area contributed by atoms with Crippen molar-refractivity contribution in [3.05, 3.63) is 42.5 Å². The normalized spacial score (nSPS) is 19.2. The largest absolute Gasteiger partial charge is 0.486 e. The lowest BCUT2D eigenvalue weighted by atomic mass is 10.1. The summed E-state index contributed by atoms with van der Waals surface area (Å²) in [4.78, 5) is 4.28. The monoisotopic (exact) mass is 259 g/mol. The van der Waals surface area contributed by atoms with Gasteiger partial charge in [0.1, 0.15) is 18.5 Å². The molecule has 19 heavy (non-hydrogen) atoms. The maximum atomic E-state index is 6.21. The second kappa shape index (κ2) is 4.93. The highest BCUT2D eigenvalue weighted by atomic mass is 16.6. The van der Waals surface area contributed by atoms with Crippen LogP contribution in [-0.4, -0.2) is 28.3 Å². The maximum absolute atomic E-state index is 6.21. The number of ether oxygens (including phenoxy) is 2. The van der Waals surface area contributed by atoms with E-state index in [1.165, 1.54) is 0 Å². The van der Waals surface area contributed by atoms with Gasteiger partial charge in [-0.25, -0.2) is 4.98 Å². The van der Waals surface area contributed by atoms with Crippen LogP contribution in [-0.2, 0) is 13.5 Å². The zero-order valence-electron chi connectivity index (χ0n) is 10.8. The van der Waals surface area contributed by atoms with E-state index in [1.54, 1.807) is 6.20 Å². The molecule has 0 radical (unpaired) electrons. The number of aryl methyl sites for hydroxylation is 1. The number of aromatic nitrogens is 2. The Morgan fingerprint density at radius 2 is 2.21 bits per heavy atom. The van der Waals surface area contributed by atoms with Crippen molar-refractivity contribution in [3.63, 3.8) is 0 Å². The molecule has 100 valence electrons. The van der Waals surface area contributed by atoms with E-state index in [1.807, 2.05) is 42.1 Å². The molecule has 1 aliphatic heterocycles. The first-order valence-electron chi connectivity index (χ1n) is 6.34. The van der Waals surface area contributed by atoms with Gasteiger partial charge in [0.2, 0.25) is 0 Å². The predicted octanol–water partition coefficient (Wildman–Crippen LogP) is 1.13. The molecule has 0 spiro atoms. The Kier molecular flexibility index (Phi) is 3.13. The van der Waals surface area contributed by atoms with Gasteiger partial charge in [0.15, 0.2) is 11.5 Å². The van der Waals surface area contributed by atoms with E-state index in [2.05, 4.69) is 4.98 Å². The van der Waals surface area contributed by atoms with Crippen LogP contribution in [0.4, 0.5) is 0 Å². The SMILES string of the molecule is Cn1ccnc1CC(N)C1COc2ccccc2O1. The van der Waals surface area contributed by atoms with Crippen molar-refractivity contribution in [2.24, 2.45) is 12.8 Å². The molecule has 5 heteroatoms. The van der Waals surface area contributed by atoms with Gasteiger partial charge in [-0.2, -0.15) is 0 Å². The molecule has 0 saturated carbocycles. The summed E-state index contributed by atoms with van der Waals surface area (Å²) in [5.41, 5.74) is 6.21. The number of para-hydroxylation sites is 2. The van der Waals surface area contributed by atoms with E-state index >= 15 is 0 Å². The van der Waals surface area contributed by atoms with E-state index in [4.69, 9.17) is 15.2 Å². The van der Waals surface area contributed by atoms with Crippen LogP contribution in [0, 0.1) is 0 Å². The summed E-state index contributed by atoms with van der Waals surface area (Å²) >= 11 is 0. The van der Waals surface area contributed by atoms with E-state index in [-0.39, 0.29) is 12.1 Å². The number of imidazole rings is 1. The highest BCUT2D eigenvalue weighted by Gasteiger charge is 2.27. The van der Waals surface area contributed by atoms with Crippen molar-refractivity contribution in [3.8, 4) is 11.5 Å². The van der Waals surface area contributed by atoms with Crippen LogP contribution >= 0.6 is 0 Å². The molecule has 3 rings (SSSR count). The minimum Gasteiger partial charge on any atom is -0.486 e. The Bertz CT molecular complexity index is 567. The van der Waals surface area contributed by atoms with Crippen LogP contribution in [0.2, 0.25) is 0 Å². The molecule has 2 atom stereocenters. The summed E-state index contributed by atoms with van der Waals surface area (Å²) in [6.07, 6.45) is 4.21. The van der Waals surface area contributed by atoms with Crippen LogP contribution in [0.5, 0.6) is 11.5 Å². The van der Waals surface area contributed by atoms with Crippen molar-refractivity contribution in [2.75, 3.05) is 6.61 Å². The highest BCUT2D eigenvalue weighted by Crippen LogP contribution is 2.31. The van der Waals surface area contributed by atoms with Crippen LogP contribution < -0.4 is 15.2 Å². The molecule has 0 aliphatic carbocycles. The number of hydrogen-bond donors (Lipinski definition) is 1. The summed E-state index contributed by atoms with van der Waals surface area (Å²) in [7, 11) is 1.96. The molecule has 1 aromatic carbocycles. The van der Waals surface area contributed by atoms with Gasteiger partial charge in [-0.1, -0.05) is 12.1 Å². The number of nitrogens with zero attached hydrogens (tertiary/aromatic N) is 2. The fraction of sp³-hybridized carbons (Fsp3) is 0.357. The Hall–Kier alpha value is -2.01. The topological polar surface area (TPSA) is 62.3 Å². The van der Waals surface area contributed by atoms with E-state index < -0.39 is 0 Å². The van der Waals surface area contributed by atoms with Gasteiger partial charge in [0.25, 0.3) is 0 Å². The lowest BCUT2D eigenvalue weighted by Crippen LogP contribution is -2.46. The molecule has 0 bridgehead atoms. The van der Waals surface area contributed by atoms with Crippen LogP contribution in [0.15, 0.2) is 36.7 Å². The Labute approximate surface area is 112 Å². The smallest absolute Gasteiger partial charge is 0.161 e. The molecule has 2 aromatic rings. The molecule has 2 heterocycles. The van der Waals surface area contributed by atoms with Gasteiger partial charge in [-0.05, 0) is 12.1 Å². The molecule has 1 aromatic heterocycles. The number of rotatable bonds is 3. The summed E-state index contributed by atoms with van der Waals surface area (Å²) in [6, 6.07) is 7.50. The van der Waals surface area contributed by atoms with Crippen LogP contribution in [0.25, 0.3) is 0 Å². The fourth-order valence-electron chi connectivity index (χ4n) is 2.18. The second-order valence-electron chi connectivity index (χ2n) is 4.74. The van der Waals surface area contributed by atoms with Crippen LogP contribution in [0.3, 0.4) is 0 Å². The molecule has 0 saturated heterocycles. The minimum absolute atomic E-state index is 0.144. The predicted molar refractivity (Wildman–Crippen MR) is 71.2 cm³/mol. The minimum atomic E-state index is -0.147. The Balaban J connectivity index is 1.69. The number of nitrogens with two attached hydrogens (primary N) is 1. The van der Waals surface area contributed by atoms with Crippen molar-refractivity contribution in [1.82, 2.24) is 9.55 Å². The van der Waals surface area contributed by atoms with E-state index in [0.717, 1.165) is 17.3 Å². The zero-order chi connectivity index (χ0) is 13.2. The zero-order valence-corrected chi connectivity index (χ0v) is 10.8. The van der Waals surface area contributed by atoms with Crippen molar-refractivity contribution in [1.29, 1.82) is 0 Å². The highest BCUT2D eigenvalue weighted by molar-refractivity contribution is 5.40. The third-order valence-electron chi connectivity index (χ3n) is 3.35. The molecule has 0 amide bonds. The average molecular weight is 259 g/mol. The molecule has 2 unspecified atom stereocenters. The maximum Gasteiger partial charge on any atom is 0.161 e. The number of hydrogen-bond acceptors (Lipinski definition) is 4. The second-order valence-corrected chi connectivity index (χ2v) is 4.74. The van der Waals surface area contributed by atoms with Gasteiger partial charge < -0.3 is 19.8 Å². The molecule has 5 nitrogen and oxygen atoms in total. The van der Waals surface area contributed by atoms with Gasteiger partial charge in [0.05, 0.1) is 6.04 Å². The molecule has 2 N–H and O–H groups in total. The third kappa shape index (κ3) is 2.42. The first-order chi connectivity index (χ1) is 9.24. The van der Waals surface area contributed by atoms with Crippen molar-refractivity contribution in [2.45, 2.75) is 18.6 Å². The Morgan fingerprint density at radius 1 is 1.42 bits per heavy atom. The first kappa shape index (κ1) is 12.0. The first-order valence-corrected chi connectivity index (χ1v) is 6.34. The molecule has 1 aliphatic rings. The van der Waals surface area contributed by atoms with Gasteiger partial charge in [-0.3, -0.25) is 0 Å². The summed E-state index contributed by atoms with van der Waals surface area (Å²) in [5, 5.41) is 0. The standard InChI is InChI=1S/C14H17N3O2/c1-17-7-6-16-14(17)8-10(15)13-9-18-11-4-2-3-5-12(11)19-13/h2-7,10,13H,8-9,15H2,1H3. The van der Waals surface area contributed by atoms with Gasteiger partial charge >= 0.3 is 0 Å². The summed E-state index contributed by atoms with van der Waals surface area (Å²) in [6.45, 7) is 0.475.